The lowest BCUT2D eigenvalue weighted by molar-refractivity contribution is -0.137. The number of nitrogens with one attached hydrogen (secondary N) is 1. The number of ether oxygens (including phenoxy) is 2. The summed E-state index contributed by atoms with van der Waals surface area (Å²) in [6.07, 6.45) is -0.160. The van der Waals surface area contributed by atoms with Gasteiger partial charge < -0.3 is 14.6 Å². The number of benzene rings is 1. The number of carboxylic acid groups (broad SMARTS) is 1. The predicted molar refractivity (Wildman–Crippen MR) is 73.8 cm³/mol. The molecule has 0 atom stereocenters. The van der Waals surface area contributed by atoms with Gasteiger partial charge in [0.05, 0.1) is 25.7 Å². The Morgan fingerprint density at radius 2 is 2.00 bits per heavy atom. The van der Waals surface area contributed by atoms with Gasteiger partial charge in [0.1, 0.15) is 11.5 Å². The van der Waals surface area contributed by atoms with E-state index in [2.05, 4.69) is 4.72 Å². The van der Waals surface area contributed by atoms with Gasteiger partial charge in [0.25, 0.3) is 0 Å². The van der Waals surface area contributed by atoms with Crippen LogP contribution in [0.5, 0.6) is 11.5 Å². The number of carbonyl (C=O) groups is 1. The highest BCUT2D eigenvalue weighted by atomic mass is 32.2. The third-order valence-electron chi connectivity index (χ3n) is 2.48. The van der Waals surface area contributed by atoms with Crippen molar-refractivity contribution in [3.63, 3.8) is 0 Å². The molecule has 8 heteroatoms. The van der Waals surface area contributed by atoms with E-state index in [1.807, 2.05) is 0 Å². The third kappa shape index (κ3) is 4.96. The minimum atomic E-state index is -3.64. The molecule has 0 bridgehead atoms. The Kier molecular flexibility index (Phi) is 5.63. The average Bonchev–Trinajstić information content (AvgIpc) is 2.37. The standard InChI is InChI=1S/C12H17NO6S/c1-18-9-5-6-11(19-2)10(8-9)13-20(16,17)7-3-4-12(14)15/h5-6,8,13H,3-4,7H2,1-2H3,(H,14,15). The zero-order valence-corrected chi connectivity index (χ0v) is 12.1. The Balaban J connectivity index is 2.82. The molecule has 0 radical (unpaired) electrons. The van der Waals surface area contributed by atoms with Crippen LogP contribution in [0.4, 0.5) is 5.69 Å². The summed E-state index contributed by atoms with van der Waals surface area (Å²) in [5.74, 6) is -0.472. The van der Waals surface area contributed by atoms with Crippen molar-refractivity contribution in [2.45, 2.75) is 12.8 Å². The number of aliphatic carboxylic acids is 1. The Labute approximate surface area is 117 Å². The maximum absolute atomic E-state index is 11.8. The fourth-order valence-corrected chi connectivity index (χ4v) is 2.65. The number of rotatable bonds is 8. The molecule has 0 aliphatic rings. The summed E-state index contributed by atoms with van der Waals surface area (Å²) >= 11 is 0. The van der Waals surface area contributed by atoms with Gasteiger partial charge in [-0.15, -0.1) is 0 Å². The molecule has 0 fully saturated rings. The molecule has 2 N–H and O–H groups in total. The number of hydrogen-bond acceptors (Lipinski definition) is 5. The molecule has 0 aromatic heterocycles. The van der Waals surface area contributed by atoms with Crippen molar-refractivity contribution in [3.05, 3.63) is 18.2 Å². The summed E-state index contributed by atoms with van der Waals surface area (Å²) in [6.45, 7) is 0. The number of anilines is 1. The lowest BCUT2D eigenvalue weighted by Crippen LogP contribution is -2.18. The number of carboxylic acids is 1. The van der Waals surface area contributed by atoms with Gasteiger partial charge in [-0.1, -0.05) is 0 Å². The Bertz CT molecular complexity index is 569. The molecule has 0 spiro atoms. The van der Waals surface area contributed by atoms with Crippen molar-refractivity contribution < 1.29 is 27.8 Å². The zero-order valence-electron chi connectivity index (χ0n) is 11.3. The molecule has 0 aliphatic carbocycles. The first-order valence-corrected chi connectivity index (χ1v) is 7.47. The Morgan fingerprint density at radius 1 is 1.30 bits per heavy atom. The van der Waals surface area contributed by atoms with E-state index in [1.165, 1.54) is 20.3 Å². The predicted octanol–water partition coefficient (Wildman–Crippen LogP) is 1.31. The molecule has 112 valence electrons. The van der Waals surface area contributed by atoms with Crippen LogP contribution in [-0.2, 0) is 14.8 Å². The van der Waals surface area contributed by atoms with E-state index in [0.29, 0.717) is 11.5 Å². The summed E-state index contributed by atoms with van der Waals surface area (Å²) < 4.78 is 36.1. The van der Waals surface area contributed by atoms with Gasteiger partial charge in [0.2, 0.25) is 10.0 Å². The van der Waals surface area contributed by atoms with Crippen molar-refractivity contribution in [3.8, 4) is 11.5 Å². The monoisotopic (exact) mass is 303 g/mol. The number of sulfonamides is 1. The molecule has 1 aromatic rings. The molecule has 0 unspecified atom stereocenters. The maximum atomic E-state index is 11.8. The van der Waals surface area contributed by atoms with E-state index >= 15 is 0 Å². The maximum Gasteiger partial charge on any atom is 0.303 e. The second kappa shape index (κ2) is 6.99. The zero-order chi connectivity index (χ0) is 15.2. The first-order valence-electron chi connectivity index (χ1n) is 5.82. The molecule has 0 saturated carbocycles. The van der Waals surface area contributed by atoms with Crippen molar-refractivity contribution in [2.75, 3.05) is 24.7 Å². The van der Waals surface area contributed by atoms with E-state index in [-0.39, 0.29) is 24.3 Å². The minimum Gasteiger partial charge on any atom is -0.497 e. The highest BCUT2D eigenvalue weighted by molar-refractivity contribution is 7.92. The second-order valence-electron chi connectivity index (χ2n) is 3.98. The minimum absolute atomic E-state index is 0.0386. The molecule has 0 heterocycles. The lowest BCUT2D eigenvalue weighted by Gasteiger charge is -2.12. The van der Waals surface area contributed by atoms with Crippen LogP contribution >= 0.6 is 0 Å². The molecule has 1 rings (SSSR count). The Morgan fingerprint density at radius 3 is 2.55 bits per heavy atom. The molecule has 20 heavy (non-hydrogen) atoms. The summed E-state index contributed by atoms with van der Waals surface area (Å²) in [5.41, 5.74) is 0.252. The Hall–Kier alpha value is -1.96. The van der Waals surface area contributed by atoms with Crippen molar-refractivity contribution in [1.82, 2.24) is 0 Å². The van der Waals surface area contributed by atoms with E-state index in [9.17, 15) is 13.2 Å². The van der Waals surface area contributed by atoms with E-state index in [4.69, 9.17) is 14.6 Å². The molecule has 0 amide bonds. The van der Waals surface area contributed by atoms with Crippen molar-refractivity contribution >= 4 is 21.7 Å². The van der Waals surface area contributed by atoms with Gasteiger partial charge in [-0.2, -0.15) is 0 Å². The number of hydrogen-bond donors (Lipinski definition) is 2. The summed E-state index contributed by atoms with van der Waals surface area (Å²) in [4.78, 5) is 10.4. The van der Waals surface area contributed by atoms with Crippen LogP contribution in [0, 0.1) is 0 Å². The molecular formula is C12H17NO6S. The van der Waals surface area contributed by atoms with Gasteiger partial charge in [-0.3, -0.25) is 9.52 Å². The van der Waals surface area contributed by atoms with Gasteiger partial charge in [0, 0.05) is 12.5 Å². The highest BCUT2D eigenvalue weighted by Crippen LogP contribution is 2.29. The SMILES string of the molecule is COc1ccc(OC)c(NS(=O)(=O)CCCC(=O)O)c1. The first-order chi connectivity index (χ1) is 9.38. The summed E-state index contributed by atoms with van der Waals surface area (Å²) in [7, 11) is -0.751. The molecule has 7 nitrogen and oxygen atoms in total. The van der Waals surface area contributed by atoms with E-state index < -0.39 is 16.0 Å². The van der Waals surface area contributed by atoms with Crippen LogP contribution in [-0.4, -0.2) is 39.5 Å². The molecular weight excluding hydrogens is 286 g/mol. The van der Waals surface area contributed by atoms with E-state index in [1.54, 1.807) is 12.1 Å². The van der Waals surface area contributed by atoms with Crippen LogP contribution in [0.25, 0.3) is 0 Å². The highest BCUT2D eigenvalue weighted by Gasteiger charge is 2.15. The van der Waals surface area contributed by atoms with Crippen LogP contribution < -0.4 is 14.2 Å². The summed E-state index contributed by atoms with van der Waals surface area (Å²) in [6, 6.07) is 4.71. The van der Waals surface area contributed by atoms with E-state index in [0.717, 1.165) is 0 Å². The lowest BCUT2D eigenvalue weighted by atomic mass is 10.3. The average molecular weight is 303 g/mol. The smallest absolute Gasteiger partial charge is 0.303 e. The molecule has 0 saturated heterocycles. The second-order valence-corrected chi connectivity index (χ2v) is 5.83. The quantitative estimate of drug-likeness (QED) is 0.750. The van der Waals surface area contributed by atoms with Crippen LogP contribution in [0.15, 0.2) is 18.2 Å². The van der Waals surface area contributed by atoms with Gasteiger partial charge >= 0.3 is 5.97 Å². The number of methoxy groups -OCH3 is 2. The van der Waals surface area contributed by atoms with Gasteiger partial charge in [-0.05, 0) is 18.6 Å². The normalized spacial score (nSPS) is 10.9. The fourth-order valence-electron chi connectivity index (χ4n) is 1.53. The fraction of sp³-hybridized carbons (Fsp3) is 0.417. The van der Waals surface area contributed by atoms with Crippen molar-refractivity contribution in [1.29, 1.82) is 0 Å². The van der Waals surface area contributed by atoms with Gasteiger partial charge in [0.15, 0.2) is 0 Å². The third-order valence-corrected chi connectivity index (χ3v) is 3.83. The molecule has 1 aromatic carbocycles. The molecule has 0 aliphatic heterocycles. The largest absolute Gasteiger partial charge is 0.497 e. The van der Waals surface area contributed by atoms with Crippen LogP contribution in [0.2, 0.25) is 0 Å². The summed E-state index contributed by atoms with van der Waals surface area (Å²) in [5, 5.41) is 8.50. The first kappa shape index (κ1) is 16.1. The van der Waals surface area contributed by atoms with Crippen LogP contribution in [0.1, 0.15) is 12.8 Å². The van der Waals surface area contributed by atoms with Crippen molar-refractivity contribution in [2.24, 2.45) is 0 Å². The van der Waals surface area contributed by atoms with Gasteiger partial charge in [-0.25, -0.2) is 8.42 Å². The van der Waals surface area contributed by atoms with Crippen LogP contribution in [0.3, 0.4) is 0 Å². The topological polar surface area (TPSA) is 102 Å².